The average molecular weight is 390 g/mol. The highest BCUT2D eigenvalue weighted by Crippen LogP contribution is 2.52. The van der Waals surface area contributed by atoms with Gasteiger partial charge in [0.25, 0.3) is 10.1 Å². The van der Waals surface area contributed by atoms with Gasteiger partial charge in [0.1, 0.15) is 20.2 Å². The third-order valence-electron chi connectivity index (χ3n) is 1.73. The van der Waals surface area contributed by atoms with E-state index in [0.717, 1.165) is 11.3 Å². The number of halogens is 4. The Hall–Kier alpha value is 1.20. The van der Waals surface area contributed by atoms with Gasteiger partial charge in [-0.05, 0) is 5.92 Å². The molecule has 0 saturated carbocycles. The monoisotopic (exact) mass is 388 g/mol. The third kappa shape index (κ3) is 4.10. The van der Waals surface area contributed by atoms with Crippen molar-refractivity contribution in [2.24, 2.45) is 5.92 Å². The van der Waals surface area contributed by atoms with E-state index >= 15 is 0 Å². The van der Waals surface area contributed by atoms with E-state index in [1.165, 1.54) is 0 Å². The van der Waals surface area contributed by atoms with Gasteiger partial charge in [0.05, 0.1) is 11.9 Å². The maximum atomic E-state index is 12.0. The molecule has 0 aliphatic carbocycles. The molecule has 1 heterocycles. The molecule has 0 radical (unpaired) electrons. The Balaban J connectivity index is 3.24. The second-order valence-corrected chi connectivity index (χ2v) is 10.9. The van der Waals surface area contributed by atoms with Gasteiger partial charge in [-0.2, -0.15) is 8.42 Å². The Bertz CT molecular complexity index is 527. The second-order valence-electron chi connectivity index (χ2n) is 3.69. The number of hydrogen-bond acceptors (Lipinski definition) is 4. The lowest BCUT2D eigenvalue weighted by Gasteiger charge is -2.09. The Morgan fingerprint density at radius 2 is 1.83 bits per heavy atom. The fourth-order valence-electron chi connectivity index (χ4n) is 1.00. The lowest BCUT2D eigenvalue weighted by molar-refractivity contribution is 0.275. The van der Waals surface area contributed by atoms with Crippen LogP contribution in [0.1, 0.15) is 13.8 Å². The zero-order valence-electron chi connectivity index (χ0n) is 9.28. The van der Waals surface area contributed by atoms with Crippen LogP contribution in [0, 0.1) is 5.92 Å². The minimum Gasteiger partial charge on any atom is -0.266 e. The van der Waals surface area contributed by atoms with Gasteiger partial charge in [-0.15, -0.1) is 11.3 Å². The van der Waals surface area contributed by atoms with Crippen molar-refractivity contribution >= 4 is 79.1 Å². The van der Waals surface area contributed by atoms with Gasteiger partial charge in [0.15, 0.2) is 0 Å². The van der Waals surface area contributed by atoms with Crippen LogP contribution < -0.4 is 5.30 Å². The molecule has 18 heavy (non-hydrogen) atoms. The standard InChI is InChI=1S/C8H9Cl4O3PS2/c1-4(2)3-15-18(13,14)6-5(16(11)12)7(9)17-8(6)10/h4H,3H2,1-2H3. The lowest BCUT2D eigenvalue weighted by atomic mass is 10.2. The van der Waals surface area contributed by atoms with Gasteiger partial charge in [-0.3, -0.25) is 4.18 Å². The molecule has 1 aromatic heterocycles. The topological polar surface area (TPSA) is 43.4 Å². The van der Waals surface area contributed by atoms with E-state index in [1.54, 1.807) is 0 Å². The van der Waals surface area contributed by atoms with Crippen LogP contribution in [0.2, 0.25) is 8.67 Å². The molecule has 0 unspecified atom stereocenters. The SMILES string of the molecule is CC(C)COS(=O)(=O)c1c(Cl)sc(Cl)c1P(Cl)Cl. The predicted molar refractivity (Wildman–Crippen MR) is 80.6 cm³/mol. The molecule has 0 N–H and O–H groups in total. The maximum absolute atomic E-state index is 12.0. The first kappa shape index (κ1) is 17.3. The molecule has 0 spiro atoms. The van der Waals surface area contributed by atoms with Crippen LogP contribution in [0.15, 0.2) is 4.90 Å². The summed E-state index contributed by atoms with van der Waals surface area (Å²) >= 11 is 24.2. The summed E-state index contributed by atoms with van der Waals surface area (Å²) in [5, 5.41) is 0.133. The normalized spacial score (nSPS) is 12.7. The van der Waals surface area contributed by atoms with E-state index in [4.69, 9.17) is 49.9 Å². The first-order valence-corrected chi connectivity index (χ1v) is 10.8. The van der Waals surface area contributed by atoms with E-state index in [2.05, 4.69) is 0 Å². The molecule has 1 aromatic rings. The van der Waals surface area contributed by atoms with E-state index in [1.807, 2.05) is 13.8 Å². The smallest absolute Gasteiger partial charge is 0.266 e. The second kappa shape index (κ2) is 6.77. The van der Waals surface area contributed by atoms with E-state index < -0.39 is 16.7 Å². The van der Waals surface area contributed by atoms with Crippen LogP contribution in [-0.4, -0.2) is 15.0 Å². The largest absolute Gasteiger partial charge is 0.300 e. The molecule has 0 fully saturated rings. The summed E-state index contributed by atoms with van der Waals surface area (Å²) in [6.45, 7) is 1.98. The highest BCUT2D eigenvalue weighted by molar-refractivity contribution is 8.09. The summed E-state index contributed by atoms with van der Waals surface area (Å²) in [6, 6.07) is 0. The van der Waals surface area contributed by atoms with Gasteiger partial charge in [-0.25, -0.2) is 0 Å². The molecule has 0 aromatic carbocycles. The molecule has 0 atom stereocenters. The van der Waals surface area contributed by atoms with Crippen LogP contribution in [0.3, 0.4) is 0 Å². The van der Waals surface area contributed by atoms with Gasteiger partial charge >= 0.3 is 0 Å². The van der Waals surface area contributed by atoms with Crippen molar-refractivity contribution in [2.45, 2.75) is 18.7 Å². The van der Waals surface area contributed by atoms with Gasteiger partial charge in [0.2, 0.25) is 0 Å². The van der Waals surface area contributed by atoms with Crippen molar-refractivity contribution < 1.29 is 12.6 Å². The van der Waals surface area contributed by atoms with Crippen molar-refractivity contribution in [1.29, 1.82) is 0 Å². The fraction of sp³-hybridized carbons (Fsp3) is 0.500. The van der Waals surface area contributed by atoms with Crippen molar-refractivity contribution in [3.8, 4) is 0 Å². The molecule has 104 valence electrons. The molecule has 3 nitrogen and oxygen atoms in total. The molecular formula is C8H9Cl4O3PS2. The number of rotatable bonds is 5. The summed E-state index contributed by atoms with van der Waals surface area (Å²) in [6.07, 6.45) is 0. The van der Waals surface area contributed by atoms with Crippen molar-refractivity contribution in [1.82, 2.24) is 0 Å². The lowest BCUT2D eigenvalue weighted by Crippen LogP contribution is -2.16. The Morgan fingerprint density at radius 1 is 1.28 bits per heavy atom. The highest BCUT2D eigenvalue weighted by Gasteiger charge is 2.31. The van der Waals surface area contributed by atoms with Gasteiger partial charge in [-0.1, -0.05) is 59.5 Å². The molecule has 0 aliphatic heterocycles. The first-order chi connectivity index (χ1) is 8.16. The number of thiophene rings is 1. The van der Waals surface area contributed by atoms with Crippen LogP contribution in [0.25, 0.3) is 0 Å². The third-order valence-corrected chi connectivity index (χ3v) is 7.17. The van der Waals surface area contributed by atoms with Crippen molar-refractivity contribution in [2.75, 3.05) is 6.61 Å². The molecule has 0 saturated heterocycles. The molecule has 0 bridgehead atoms. The van der Waals surface area contributed by atoms with E-state index in [0.29, 0.717) is 0 Å². The Kier molecular flexibility index (Phi) is 6.49. The van der Waals surface area contributed by atoms with Gasteiger partial charge < -0.3 is 0 Å². The van der Waals surface area contributed by atoms with E-state index in [9.17, 15) is 8.42 Å². The van der Waals surface area contributed by atoms with Crippen molar-refractivity contribution in [3.05, 3.63) is 8.67 Å². The Labute approximate surface area is 131 Å². The van der Waals surface area contributed by atoms with Crippen LogP contribution >= 0.6 is 63.6 Å². The van der Waals surface area contributed by atoms with Crippen molar-refractivity contribution in [3.63, 3.8) is 0 Å². The molecule has 0 amide bonds. The fourth-order valence-corrected chi connectivity index (χ4v) is 7.95. The summed E-state index contributed by atoms with van der Waals surface area (Å²) in [5.74, 6) is 0.0598. The molecule has 0 aliphatic rings. The number of hydrogen-bond donors (Lipinski definition) is 0. The highest BCUT2D eigenvalue weighted by atomic mass is 35.9. The summed E-state index contributed by atoms with van der Waals surface area (Å²) in [4.78, 5) is -0.212. The quantitative estimate of drug-likeness (QED) is 0.535. The average Bonchev–Trinajstić information content (AvgIpc) is 2.51. The van der Waals surface area contributed by atoms with Crippen LogP contribution in [-0.2, 0) is 14.3 Å². The van der Waals surface area contributed by atoms with Crippen LogP contribution in [0.5, 0.6) is 0 Å². The minimum absolute atomic E-state index is 0.00700. The zero-order chi connectivity index (χ0) is 14.1. The first-order valence-electron chi connectivity index (χ1n) is 4.65. The summed E-state index contributed by atoms with van der Waals surface area (Å²) < 4.78 is 29.1. The van der Waals surface area contributed by atoms with E-state index in [-0.39, 0.29) is 31.4 Å². The maximum Gasteiger partial charge on any atom is 0.300 e. The summed E-state index contributed by atoms with van der Waals surface area (Å²) in [5.41, 5.74) is 0. The Morgan fingerprint density at radius 3 is 2.28 bits per heavy atom. The predicted octanol–water partition coefficient (Wildman–Crippen LogP) is 4.83. The molecule has 1 rings (SSSR count). The zero-order valence-corrected chi connectivity index (χ0v) is 14.8. The molecule has 10 heteroatoms. The van der Waals surface area contributed by atoms with Crippen LogP contribution in [0.4, 0.5) is 0 Å². The minimum atomic E-state index is -4.00. The summed E-state index contributed by atoms with van der Waals surface area (Å²) in [7, 11) is -4.00. The van der Waals surface area contributed by atoms with Gasteiger partial charge in [0, 0.05) is 0 Å². The molecular weight excluding hydrogens is 381 g/mol.